The van der Waals surface area contributed by atoms with Gasteiger partial charge >= 0.3 is 0 Å². The van der Waals surface area contributed by atoms with Crippen LogP contribution in [0.4, 0.5) is 5.69 Å². The highest BCUT2D eigenvalue weighted by atomic mass is 35.5. The molecule has 1 unspecified atom stereocenters. The minimum Gasteiger partial charge on any atom is -0.382 e. The number of rotatable bonds is 6. The number of ether oxygens (including phenoxy) is 1. The quantitative estimate of drug-likeness (QED) is 0.661. The Balaban J connectivity index is 1.35. The van der Waals surface area contributed by atoms with Gasteiger partial charge in [0.05, 0.1) is 24.5 Å². The lowest BCUT2D eigenvalue weighted by Gasteiger charge is -2.31. The van der Waals surface area contributed by atoms with Crippen LogP contribution < -0.4 is 10.9 Å². The fraction of sp³-hybridized carbons (Fsp3) is 0.545. The minimum atomic E-state index is -0.202. The molecule has 0 aliphatic carbocycles. The van der Waals surface area contributed by atoms with Gasteiger partial charge in [-0.1, -0.05) is 29.8 Å². The molecule has 0 amide bonds. The zero-order valence-electron chi connectivity index (χ0n) is 17.3. The first-order valence-electron chi connectivity index (χ1n) is 10.7. The Hall–Kier alpha value is -1.54. The van der Waals surface area contributed by atoms with Crippen molar-refractivity contribution in [2.24, 2.45) is 5.92 Å². The second kappa shape index (κ2) is 10.2. The van der Waals surface area contributed by atoms with Crippen LogP contribution in [0.2, 0.25) is 5.02 Å². The van der Waals surface area contributed by atoms with Gasteiger partial charge in [0.15, 0.2) is 0 Å². The van der Waals surface area contributed by atoms with Crippen LogP contribution in [-0.4, -0.2) is 46.9 Å². The number of hydrogen-bond acceptors (Lipinski definition) is 6. The maximum Gasteiger partial charge on any atom is 0.287 e. The molecule has 1 aromatic carbocycles. The predicted octanol–water partition coefficient (Wildman–Crippen LogP) is 4.39. The largest absolute Gasteiger partial charge is 0.382 e. The lowest BCUT2D eigenvalue weighted by atomic mass is 10.0. The number of halogens is 1. The number of anilines is 1. The Morgan fingerprint density at radius 1 is 1.27 bits per heavy atom. The van der Waals surface area contributed by atoms with E-state index in [0.29, 0.717) is 11.6 Å². The van der Waals surface area contributed by atoms with Crippen molar-refractivity contribution in [2.45, 2.75) is 43.5 Å². The smallest absolute Gasteiger partial charge is 0.287 e. The van der Waals surface area contributed by atoms with Crippen LogP contribution in [0.25, 0.3) is 0 Å². The van der Waals surface area contributed by atoms with E-state index in [1.54, 1.807) is 22.8 Å². The number of nitrogens with one attached hydrogen (secondary N) is 1. The van der Waals surface area contributed by atoms with E-state index in [2.05, 4.69) is 45.9 Å². The zero-order valence-corrected chi connectivity index (χ0v) is 18.9. The van der Waals surface area contributed by atoms with E-state index in [1.807, 2.05) is 0 Å². The second-order valence-electron chi connectivity index (χ2n) is 8.10. The van der Waals surface area contributed by atoms with Gasteiger partial charge in [-0.2, -0.15) is 5.10 Å². The standard InChI is InChI=1S/C22H29ClN4O2S/c1-16-5-2-3-7-20(16)30-26-10-8-18(9-11-26)27-22(28)21(23)19(14-25-27)24-13-17-6-4-12-29-15-17/h2-3,5,7,14,17-18,24H,4,6,8-13,15H2,1H3. The first-order valence-corrected chi connectivity index (χ1v) is 11.8. The van der Waals surface area contributed by atoms with E-state index in [9.17, 15) is 4.79 Å². The van der Waals surface area contributed by atoms with Gasteiger partial charge in [0.2, 0.25) is 0 Å². The molecule has 162 valence electrons. The molecular formula is C22H29ClN4O2S. The number of piperidine rings is 1. The normalized spacial score (nSPS) is 20.9. The van der Waals surface area contributed by atoms with Crippen molar-refractivity contribution in [2.75, 3.05) is 38.2 Å². The van der Waals surface area contributed by atoms with E-state index in [0.717, 1.165) is 58.5 Å². The highest BCUT2D eigenvalue weighted by Crippen LogP contribution is 2.31. The van der Waals surface area contributed by atoms with E-state index in [4.69, 9.17) is 16.3 Å². The first kappa shape index (κ1) is 21.7. The van der Waals surface area contributed by atoms with Crippen LogP contribution in [0.5, 0.6) is 0 Å². The Labute approximate surface area is 187 Å². The molecule has 1 N–H and O–H groups in total. The van der Waals surface area contributed by atoms with Gasteiger partial charge < -0.3 is 10.1 Å². The van der Waals surface area contributed by atoms with E-state index >= 15 is 0 Å². The molecule has 1 aromatic heterocycles. The molecule has 2 fully saturated rings. The van der Waals surface area contributed by atoms with Gasteiger partial charge in [-0.25, -0.2) is 8.99 Å². The molecule has 0 radical (unpaired) electrons. The average Bonchev–Trinajstić information content (AvgIpc) is 2.78. The highest BCUT2D eigenvalue weighted by Gasteiger charge is 2.24. The monoisotopic (exact) mass is 448 g/mol. The molecule has 8 heteroatoms. The summed E-state index contributed by atoms with van der Waals surface area (Å²) in [5.41, 5.74) is 1.71. The molecule has 2 saturated heterocycles. The highest BCUT2D eigenvalue weighted by molar-refractivity contribution is 7.97. The molecule has 2 aliphatic rings. The molecule has 2 aliphatic heterocycles. The number of benzene rings is 1. The number of hydrogen-bond donors (Lipinski definition) is 1. The Bertz CT molecular complexity index is 908. The summed E-state index contributed by atoms with van der Waals surface area (Å²) in [6.07, 6.45) is 5.68. The van der Waals surface area contributed by atoms with E-state index in [1.165, 1.54) is 10.5 Å². The number of aromatic nitrogens is 2. The van der Waals surface area contributed by atoms with Crippen LogP contribution in [0, 0.1) is 12.8 Å². The Morgan fingerprint density at radius 2 is 2.07 bits per heavy atom. The summed E-state index contributed by atoms with van der Waals surface area (Å²) in [5, 5.41) is 7.98. The zero-order chi connectivity index (χ0) is 20.9. The van der Waals surface area contributed by atoms with Crippen molar-refractivity contribution >= 4 is 29.2 Å². The van der Waals surface area contributed by atoms with Crippen molar-refractivity contribution in [3.63, 3.8) is 0 Å². The third-order valence-electron chi connectivity index (χ3n) is 5.87. The summed E-state index contributed by atoms with van der Waals surface area (Å²) < 4.78 is 9.46. The SMILES string of the molecule is Cc1ccccc1SN1CCC(n2ncc(NCC3CCCOC3)c(Cl)c2=O)CC1. The van der Waals surface area contributed by atoms with Gasteiger partial charge in [-0.05, 0) is 62.1 Å². The predicted molar refractivity (Wildman–Crippen MR) is 122 cm³/mol. The van der Waals surface area contributed by atoms with Gasteiger partial charge in [-0.3, -0.25) is 4.79 Å². The molecule has 2 aromatic rings. The molecule has 4 rings (SSSR count). The van der Waals surface area contributed by atoms with Crippen molar-refractivity contribution in [3.05, 3.63) is 51.4 Å². The molecule has 0 bridgehead atoms. The fourth-order valence-electron chi connectivity index (χ4n) is 4.03. The molecular weight excluding hydrogens is 420 g/mol. The molecule has 1 atom stereocenters. The third-order valence-corrected chi connectivity index (χ3v) is 7.51. The van der Waals surface area contributed by atoms with Gasteiger partial charge in [-0.15, -0.1) is 0 Å². The average molecular weight is 449 g/mol. The minimum absolute atomic E-state index is 0.0875. The van der Waals surface area contributed by atoms with Crippen LogP contribution >= 0.6 is 23.5 Å². The maximum atomic E-state index is 12.8. The summed E-state index contributed by atoms with van der Waals surface area (Å²) >= 11 is 8.20. The molecule has 6 nitrogen and oxygen atoms in total. The summed E-state index contributed by atoms with van der Waals surface area (Å²) in [7, 11) is 0. The van der Waals surface area contributed by atoms with E-state index in [-0.39, 0.29) is 16.6 Å². The van der Waals surface area contributed by atoms with Crippen LogP contribution in [-0.2, 0) is 4.74 Å². The van der Waals surface area contributed by atoms with Crippen molar-refractivity contribution in [3.8, 4) is 0 Å². The van der Waals surface area contributed by atoms with Crippen molar-refractivity contribution in [1.29, 1.82) is 0 Å². The lowest BCUT2D eigenvalue weighted by molar-refractivity contribution is 0.0595. The molecule has 30 heavy (non-hydrogen) atoms. The summed E-state index contributed by atoms with van der Waals surface area (Å²) in [6.45, 7) is 6.32. The maximum absolute atomic E-state index is 12.8. The summed E-state index contributed by atoms with van der Waals surface area (Å²) in [4.78, 5) is 14.1. The molecule has 0 spiro atoms. The van der Waals surface area contributed by atoms with E-state index < -0.39 is 0 Å². The van der Waals surface area contributed by atoms with Crippen LogP contribution in [0.3, 0.4) is 0 Å². The van der Waals surface area contributed by atoms with Gasteiger partial charge in [0.1, 0.15) is 5.02 Å². The number of nitrogens with zero attached hydrogens (tertiary/aromatic N) is 3. The fourth-order valence-corrected chi connectivity index (χ4v) is 5.25. The summed E-state index contributed by atoms with van der Waals surface area (Å²) in [6, 6.07) is 8.52. The Kier molecular flexibility index (Phi) is 7.36. The first-order chi connectivity index (χ1) is 14.6. The third kappa shape index (κ3) is 5.19. The summed E-state index contributed by atoms with van der Waals surface area (Å²) in [5.74, 6) is 0.451. The van der Waals surface area contributed by atoms with Gasteiger partial charge in [0.25, 0.3) is 5.56 Å². The van der Waals surface area contributed by atoms with Crippen LogP contribution in [0.1, 0.15) is 37.3 Å². The second-order valence-corrected chi connectivity index (χ2v) is 9.62. The van der Waals surface area contributed by atoms with Crippen LogP contribution in [0.15, 0.2) is 40.2 Å². The molecule has 3 heterocycles. The number of aryl methyl sites for hydroxylation is 1. The topological polar surface area (TPSA) is 59.4 Å². The van der Waals surface area contributed by atoms with Gasteiger partial charge in [0, 0.05) is 31.1 Å². The van der Waals surface area contributed by atoms with Crippen molar-refractivity contribution < 1.29 is 4.74 Å². The lowest BCUT2D eigenvalue weighted by Crippen LogP contribution is -2.36. The molecule has 0 saturated carbocycles. The Morgan fingerprint density at radius 3 is 2.80 bits per heavy atom. The van der Waals surface area contributed by atoms with Crippen molar-refractivity contribution in [1.82, 2.24) is 14.1 Å².